The molecule has 0 fully saturated rings. The van der Waals surface area contributed by atoms with Crippen LogP contribution < -0.4 is 5.32 Å². The Kier molecular flexibility index (Phi) is 5.24. The quantitative estimate of drug-likeness (QED) is 0.729. The van der Waals surface area contributed by atoms with E-state index in [4.69, 9.17) is 0 Å². The zero-order valence-electron chi connectivity index (χ0n) is 13.5. The maximum absolute atomic E-state index is 12.2. The van der Waals surface area contributed by atoms with E-state index >= 15 is 0 Å². The molecule has 0 saturated heterocycles. The first-order valence-corrected chi connectivity index (χ1v) is 8.19. The molecule has 0 aliphatic heterocycles. The molecular formula is C21H21NO2. The molecule has 1 amide bonds. The van der Waals surface area contributed by atoms with Crippen LogP contribution >= 0.6 is 0 Å². The fraction of sp³-hybridized carbons (Fsp3) is 0.190. The maximum Gasteiger partial charge on any atom is 0.220 e. The molecule has 3 aromatic rings. The number of hydrogen-bond acceptors (Lipinski definition) is 2. The third-order valence-corrected chi connectivity index (χ3v) is 4.18. The zero-order chi connectivity index (χ0) is 16.8. The van der Waals surface area contributed by atoms with Gasteiger partial charge in [0.15, 0.2) is 0 Å². The standard InChI is InChI=1S/C21H21NO2/c23-15-20(19-12-11-17-8-4-5-9-18(17)14-19)22-21(24)13-10-16-6-2-1-3-7-16/h1-9,11-12,14,20,23H,10,13,15H2,(H,22,24)/t20-/m0/s1. The van der Waals surface area contributed by atoms with Crippen molar-refractivity contribution < 1.29 is 9.90 Å². The highest BCUT2D eigenvalue weighted by Crippen LogP contribution is 2.20. The van der Waals surface area contributed by atoms with Gasteiger partial charge in [0.25, 0.3) is 0 Å². The Bertz CT molecular complexity index is 814. The van der Waals surface area contributed by atoms with Gasteiger partial charge < -0.3 is 10.4 Å². The van der Waals surface area contributed by atoms with E-state index in [0.29, 0.717) is 12.8 Å². The Morgan fingerprint density at radius 1 is 0.917 bits per heavy atom. The van der Waals surface area contributed by atoms with Gasteiger partial charge in [-0.05, 0) is 34.4 Å². The van der Waals surface area contributed by atoms with Gasteiger partial charge in [-0.1, -0.05) is 66.7 Å². The van der Waals surface area contributed by atoms with E-state index in [2.05, 4.69) is 5.32 Å². The van der Waals surface area contributed by atoms with Crippen molar-refractivity contribution in [1.29, 1.82) is 0 Å². The molecule has 0 bridgehead atoms. The van der Waals surface area contributed by atoms with Crippen LogP contribution in [0, 0.1) is 0 Å². The van der Waals surface area contributed by atoms with E-state index < -0.39 is 0 Å². The summed E-state index contributed by atoms with van der Waals surface area (Å²) in [4.78, 5) is 12.2. The Labute approximate surface area is 142 Å². The average Bonchev–Trinajstić information content (AvgIpc) is 2.65. The minimum absolute atomic E-state index is 0.0499. The first-order valence-electron chi connectivity index (χ1n) is 8.19. The Balaban J connectivity index is 1.65. The molecule has 0 aliphatic carbocycles. The highest BCUT2D eigenvalue weighted by Gasteiger charge is 2.14. The summed E-state index contributed by atoms with van der Waals surface area (Å²) in [5.74, 6) is -0.0499. The van der Waals surface area contributed by atoms with Gasteiger partial charge in [0.1, 0.15) is 0 Å². The van der Waals surface area contributed by atoms with Crippen LogP contribution in [0.1, 0.15) is 23.6 Å². The molecule has 3 rings (SSSR count). The van der Waals surface area contributed by atoms with Crippen LogP contribution in [0.25, 0.3) is 10.8 Å². The number of aliphatic hydroxyl groups is 1. The van der Waals surface area contributed by atoms with Gasteiger partial charge in [-0.2, -0.15) is 0 Å². The lowest BCUT2D eigenvalue weighted by atomic mass is 10.0. The lowest BCUT2D eigenvalue weighted by molar-refractivity contribution is -0.122. The average molecular weight is 319 g/mol. The molecule has 0 aliphatic rings. The zero-order valence-corrected chi connectivity index (χ0v) is 13.5. The number of amides is 1. The van der Waals surface area contributed by atoms with Gasteiger partial charge in [-0.15, -0.1) is 0 Å². The van der Waals surface area contributed by atoms with Crippen molar-refractivity contribution in [2.24, 2.45) is 0 Å². The summed E-state index contributed by atoms with van der Waals surface area (Å²) in [6.45, 7) is -0.116. The second-order valence-electron chi connectivity index (χ2n) is 5.89. The smallest absolute Gasteiger partial charge is 0.220 e. The normalized spacial score (nSPS) is 12.0. The number of aryl methyl sites for hydroxylation is 1. The minimum atomic E-state index is -0.377. The van der Waals surface area contributed by atoms with Crippen LogP contribution in [0.2, 0.25) is 0 Å². The van der Waals surface area contributed by atoms with Gasteiger partial charge in [0.05, 0.1) is 12.6 Å². The molecule has 122 valence electrons. The van der Waals surface area contributed by atoms with Gasteiger partial charge in [-0.25, -0.2) is 0 Å². The molecule has 0 heterocycles. The van der Waals surface area contributed by atoms with Gasteiger partial charge >= 0.3 is 0 Å². The predicted octanol–water partition coefficient (Wildman–Crippen LogP) is 3.62. The van der Waals surface area contributed by atoms with Gasteiger partial charge in [-0.3, -0.25) is 4.79 Å². The Morgan fingerprint density at radius 2 is 1.62 bits per heavy atom. The number of fused-ring (bicyclic) bond motifs is 1. The van der Waals surface area contributed by atoms with Crippen LogP contribution in [0.3, 0.4) is 0 Å². The molecule has 0 saturated carbocycles. The summed E-state index contributed by atoms with van der Waals surface area (Å²) in [5, 5.41) is 14.9. The van der Waals surface area contributed by atoms with E-state index in [1.54, 1.807) is 0 Å². The summed E-state index contributed by atoms with van der Waals surface area (Å²) in [6.07, 6.45) is 1.11. The molecule has 0 unspecified atom stereocenters. The summed E-state index contributed by atoms with van der Waals surface area (Å²) in [7, 11) is 0. The highest BCUT2D eigenvalue weighted by atomic mass is 16.3. The third-order valence-electron chi connectivity index (χ3n) is 4.18. The number of carbonyl (C=O) groups excluding carboxylic acids is 1. The number of carbonyl (C=O) groups is 1. The van der Waals surface area contributed by atoms with Crippen LogP contribution in [0.4, 0.5) is 0 Å². The van der Waals surface area contributed by atoms with Crippen LogP contribution in [0.5, 0.6) is 0 Å². The molecule has 3 heteroatoms. The topological polar surface area (TPSA) is 49.3 Å². The summed E-state index contributed by atoms with van der Waals surface area (Å²) in [5.41, 5.74) is 2.06. The number of benzene rings is 3. The second kappa shape index (κ2) is 7.75. The SMILES string of the molecule is O=C(CCc1ccccc1)N[C@@H](CO)c1ccc2ccccc2c1. The summed E-state index contributed by atoms with van der Waals surface area (Å²) >= 11 is 0. The predicted molar refractivity (Wildman–Crippen MR) is 96.7 cm³/mol. The molecule has 3 aromatic carbocycles. The van der Waals surface area contributed by atoms with Crippen LogP contribution in [-0.4, -0.2) is 17.6 Å². The molecule has 1 atom stereocenters. The van der Waals surface area contributed by atoms with Crippen LogP contribution in [-0.2, 0) is 11.2 Å². The van der Waals surface area contributed by atoms with Crippen molar-refractivity contribution in [2.75, 3.05) is 6.61 Å². The fourth-order valence-corrected chi connectivity index (χ4v) is 2.83. The Morgan fingerprint density at radius 3 is 2.38 bits per heavy atom. The monoisotopic (exact) mass is 319 g/mol. The highest BCUT2D eigenvalue weighted by molar-refractivity contribution is 5.83. The van der Waals surface area contributed by atoms with E-state index in [1.807, 2.05) is 72.8 Å². The lowest BCUT2D eigenvalue weighted by Crippen LogP contribution is -2.30. The molecule has 3 nitrogen and oxygen atoms in total. The minimum Gasteiger partial charge on any atom is -0.394 e. The molecule has 0 aromatic heterocycles. The second-order valence-corrected chi connectivity index (χ2v) is 5.89. The van der Waals surface area contributed by atoms with E-state index in [-0.39, 0.29) is 18.6 Å². The van der Waals surface area contributed by atoms with E-state index in [9.17, 15) is 9.90 Å². The van der Waals surface area contributed by atoms with Crippen molar-refractivity contribution in [1.82, 2.24) is 5.32 Å². The Hall–Kier alpha value is -2.65. The first kappa shape index (κ1) is 16.2. The van der Waals surface area contributed by atoms with Gasteiger partial charge in [0, 0.05) is 6.42 Å². The van der Waals surface area contributed by atoms with Crippen LogP contribution in [0.15, 0.2) is 72.8 Å². The number of nitrogens with one attached hydrogen (secondary N) is 1. The van der Waals surface area contributed by atoms with Crippen molar-refractivity contribution in [3.63, 3.8) is 0 Å². The molecular weight excluding hydrogens is 298 g/mol. The largest absolute Gasteiger partial charge is 0.394 e. The first-order chi connectivity index (χ1) is 11.8. The number of hydrogen-bond donors (Lipinski definition) is 2. The molecule has 2 N–H and O–H groups in total. The number of aliphatic hydroxyl groups excluding tert-OH is 1. The van der Waals surface area contributed by atoms with E-state index in [0.717, 1.165) is 21.9 Å². The molecule has 0 spiro atoms. The maximum atomic E-state index is 12.2. The lowest BCUT2D eigenvalue weighted by Gasteiger charge is -2.17. The fourth-order valence-electron chi connectivity index (χ4n) is 2.83. The van der Waals surface area contributed by atoms with Gasteiger partial charge in [0.2, 0.25) is 5.91 Å². The molecule has 24 heavy (non-hydrogen) atoms. The number of rotatable bonds is 6. The van der Waals surface area contributed by atoms with Crippen molar-refractivity contribution in [3.05, 3.63) is 83.9 Å². The third kappa shape index (κ3) is 4.00. The van der Waals surface area contributed by atoms with Crippen molar-refractivity contribution in [2.45, 2.75) is 18.9 Å². The van der Waals surface area contributed by atoms with E-state index in [1.165, 1.54) is 0 Å². The molecule has 0 radical (unpaired) electrons. The summed E-state index contributed by atoms with van der Waals surface area (Å²) in [6, 6.07) is 23.6. The summed E-state index contributed by atoms with van der Waals surface area (Å²) < 4.78 is 0. The van der Waals surface area contributed by atoms with Crippen molar-refractivity contribution >= 4 is 16.7 Å². The van der Waals surface area contributed by atoms with Crippen molar-refractivity contribution in [3.8, 4) is 0 Å².